The number of aromatic nitrogens is 2. The van der Waals surface area contributed by atoms with Crippen molar-refractivity contribution in [3.8, 4) is 0 Å². The number of thiophene rings is 1. The summed E-state index contributed by atoms with van der Waals surface area (Å²) in [5, 5.41) is 10.8. The van der Waals surface area contributed by atoms with Gasteiger partial charge in [0.1, 0.15) is 11.2 Å². The Labute approximate surface area is 135 Å². The molecule has 1 fully saturated rings. The van der Waals surface area contributed by atoms with E-state index in [-0.39, 0.29) is 22.8 Å². The molecule has 1 unspecified atom stereocenters. The van der Waals surface area contributed by atoms with Crippen molar-refractivity contribution in [2.24, 2.45) is 11.7 Å². The van der Waals surface area contributed by atoms with Gasteiger partial charge in [0.15, 0.2) is 0 Å². The lowest BCUT2D eigenvalue weighted by Gasteiger charge is -2.22. The van der Waals surface area contributed by atoms with Crippen molar-refractivity contribution in [1.29, 1.82) is 0 Å². The van der Waals surface area contributed by atoms with Crippen LogP contribution in [-0.4, -0.2) is 33.4 Å². The van der Waals surface area contributed by atoms with Crippen molar-refractivity contribution in [1.82, 2.24) is 9.97 Å². The lowest BCUT2D eigenvalue weighted by atomic mass is 9.87. The van der Waals surface area contributed by atoms with Gasteiger partial charge >= 0.3 is 6.18 Å². The number of nitrogens with zero attached hydrogens (tertiary/aromatic N) is 2. The predicted octanol–water partition coefficient (Wildman–Crippen LogP) is 3.00. The molecule has 1 aliphatic carbocycles. The summed E-state index contributed by atoms with van der Waals surface area (Å²) in [5.74, 6) is -0.119. The molecule has 3 N–H and O–H groups in total. The lowest BCUT2D eigenvalue weighted by Crippen LogP contribution is -2.20. The van der Waals surface area contributed by atoms with Gasteiger partial charge in [0, 0.05) is 22.2 Å². The maximum absolute atomic E-state index is 12.6. The van der Waals surface area contributed by atoms with Crippen molar-refractivity contribution < 1.29 is 18.3 Å². The average Bonchev–Trinajstić information content (AvgIpc) is 2.97. The number of hydrogen-bond donors (Lipinski definition) is 2. The molecule has 126 valence electrons. The number of alkyl halides is 3. The van der Waals surface area contributed by atoms with Gasteiger partial charge in [-0.2, -0.15) is 13.2 Å². The number of nitrogens with two attached hydrogens (primary N) is 1. The third-order valence-electron chi connectivity index (χ3n) is 4.47. The van der Waals surface area contributed by atoms with E-state index in [2.05, 4.69) is 9.97 Å². The Morgan fingerprint density at radius 3 is 2.74 bits per heavy atom. The maximum Gasteiger partial charge on any atom is 0.393 e. The zero-order valence-corrected chi connectivity index (χ0v) is 13.4. The van der Waals surface area contributed by atoms with Crippen LogP contribution in [0.4, 0.5) is 13.2 Å². The highest BCUT2D eigenvalue weighted by Crippen LogP contribution is 2.40. The van der Waals surface area contributed by atoms with E-state index in [0.29, 0.717) is 28.8 Å². The van der Waals surface area contributed by atoms with Crippen LogP contribution in [0.15, 0.2) is 12.4 Å². The van der Waals surface area contributed by atoms with Crippen LogP contribution >= 0.6 is 11.3 Å². The van der Waals surface area contributed by atoms with Crippen LogP contribution in [0.2, 0.25) is 0 Å². The van der Waals surface area contributed by atoms with Gasteiger partial charge in [0.05, 0.1) is 18.2 Å². The van der Waals surface area contributed by atoms with E-state index >= 15 is 0 Å². The molecular weight excluding hydrogens is 327 g/mol. The standard InChI is InChI=1S/C15H18F3N3OS/c1-7(10-2-8(19)3-12(10)22)13-11-4-9(5-15(16,17)18)23-14(11)21-6-20-13/h4,6-8,10,12,22H,2-3,5,19H2,1H3/t7?,8-,10-,12-/m1/s1. The highest BCUT2D eigenvalue weighted by atomic mass is 32.1. The largest absolute Gasteiger partial charge is 0.393 e. The minimum Gasteiger partial charge on any atom is -0.393 e. The Hall–Kier alpha value is -1.25. The summed E-state index contributed by atoms with van der Waals surface area (Å²) >= 11 is 1.04. The van der Waals surface area contributed by atoms with Gasteiger partial charge in [-0.25, -0.2) is 9.97 Å². The molecule has 2 heterocycles. The molecule has 0 radical (unpaired) electrons. The zero-order chi connectivity index (χ0) is 16.8. The second-order valence-electron chi connectivity index (χ2n) is 6.23. The van der Waals surface area contributed by atoms with E-state index in [1.807, 2.05) is 6.92 Å². The quantitative estimate of drug-likeness (QED) is 0.897. The second kappa shape index (κ2) is 5.99. The smallest absolute Gasteiger partial charge is 0.393 e. The Morgan fingerprint density at radius 2 is 2.13 bits per heavy atom. The molecule has 1 aliphatic rings. The van der Waals surface area contributed by atoms with E-state index in [9.17, 15) is 18.3 Å². The van der Waals surface area contributed by atoms with E-state index in [1.54, 1.807) is 0 Å². The Kier molecular flexibility index (Phi) is 4.33. The molecule has 2 aromatic heterocycles. The molecule has 4 nitrogen and oxygen atoms in total. The van der Waals surface area contributed by atoms with Gasteiger partial charge in [-0.05, 0) is 24.8 Å². The summed E-state index contributed by atoms with van der Waals surface area (Å²) in [6.07, 6.45) is -3.09. The van der Waals surface area contributed by atoms with E-state index in [1.165, 1.54) is 12.4 Å². The monoisotopic (exact) mass is 345 g/mol. The van der Waals surface area contributed by atoms with Crippen LogP contribution in [0, 0.1) is 5.92 Å². The summed E-state index contributed by atoms with van der Waals surface area (Å²) in [6.45, 7) is 1.94. The molecule has 0 aliphatic heterocycles. The molecule has 8 heteroatoms. The van der Waals surface area contributed by atoms with Gasteiger partial charge in [-0.15, -0.1) is 11.3 Å². The van der Waals surface area contributed by atoms with Crippen molar-refractivity contribution in [3.63, 3.8) is 0 Å². The molecule has 1 saturated carbocycles. The normalized spacial score (nSPS) is 26.8. The Morgan fingerprint density at radius 1 is 1.39 bits per heavy atom. The topological polar surface area (TPSA) is 72.0 Å². The molecule has 0 saturated heterocycles. The van der Waals surface area contributed by atoms with Gasteiger partial charge < -0.3 is 10.8 Å². The molecule has 2 aromatic rings. The first-order valence-corrected chi connectivity index (χ1v) is 8.30. The summed E-state index contributed by atoms with van der Waals surface area (Å²) < 4.78 is 37.8. The van der Waals surface area contributed by atoms with Crippen LogP contribution < -0.4 is 5.73 Å². The highest BCUT2D eigenvalue weighted by molar-refractivity contribution is 7.18. The SMILES string of the molecule is CC(c1ncnc2sc(CC(F)(F)F)cc12)[C@H]1C[C@@H](N)C[C@H]1O. The van der Waals surface area contributed by atoms with Gasteiger partial charge in [-0.3, -0.25) is 0 Å². The van der Waals surface area contributed by atoms with Crippen molar-refractivity contribution >= 4 is 21.6 Å². The minimum absolute atomic E-state index is 0.0333. The molecule has 3 rings (SSSR count). The summed E-state index contributed by atoms with van der Waals surface area (Å²) in [5.41, 5.74) is 6.59. The Bertz CT molecular complexity index is 703. The Balaban J connectivity index is 1.94. The van der Waals surface area contributed by atoms with E-state index in [4.69, 9.17) is 5.73 Å². The number of aliphatic hydroxyl groups excluding tert-OH is 1. The number of aliphatic hydroxyl groups is 1. The molecule has 23 heavy (non-hydrogen) atoms. The number of hydrogen-bond acceptors (Lipinski definition) is 5. The van der Waals surface area contributed by atoms with Crippen LogP contribution in [0.3, 0.4) is 0 Å². The fraction of sp³-hybridized carbons (Fsp3) is 0.600. The number of fused-ring (bicyclic) bond motifs is 1. The van der Waals surface area contributed by atoms with Crippen molar-refractivity contribution in [2.75, 3.05) is 0 Å². The average molecular weight is 345 g/mol. The van der Waals surface area contributed by atoms with Crippen LogP contribution in [0.1, 0.15) is 36.3 Å². The fourth-order valence-corrected chi connectivity index (χ4v) is 4.43. The molecule has 4 atom stereocenters. The van der Waals surface area contributed by atoms with Gasteiger partial charge in [0.2, 0.25) is 0 Å². The van der Waals surface area contributed by atoms with E-state index in [0.717, 1.165) is 11.3 Å². The van der Waals surface area contributed by atoms with Gasteiger partial charge in [0.25, 0.3) is 0 Å². The highest BCUT2D eigenvalue weighted by Gasteiger charge is 2.36. The second-order valence-corrected chi connectivity index (χ2v) is 7.35. The van der Waals surface area contributed by atoms with Crippen molar-refractivity contribution in [2.45, 2.75) is 50.4 Å². The maximum atomic E-state index is 12.6. The molecular formula is C15H18F3N3OS. The van der Waals surface area contributed by atoms with Crippen LogP contribution in [0.25, 0.3) is 10.2 Å². The number of halogens is 3. The molecule has 0 aromatic carbocycles. The summed E-state index contributed by atoms with van der Waals surface area (Å²) in [6, 6.07) is 1.48. The first-order chi connectivity index (χ1) is 10.7. The third kappa shape index (κ3) is 3.49. The zero-order valence-electron chi connectivity index (χ0n) is 12.5. The third-order valence-corrected chi connectivity index (χ3v) is 5.52. The van der Waals surface area contributed by atoms with Crippen LogP contribution in [-0.2, 0) is 6.42 Å². The first-order valence-electron chi connectivity index (χ1n) is 7.48. The minimum atomic E-state index is -4.24. The van der Waals surface area contributed by atoms with Gasteiger partial charge in [-0.1, -0.05) is 6.92 Å². The predicted molar refractivity (Wildman–Crippen MR) is 82.3 cm³/mol. The molecule has 0 bridgehead atoms. The number of rotatable bonds is 3. The first kappa shape index (κ1) is 16.6. The fourth-order valence-electron chi connectivity index (χ4n) is 3.40. The molecule has 0 spiro atoms. The van der Waals surface area contributed by atoms with E-state index < -0.39 is 18.7 Å². The van der Waals surface area contributed by atoms with Crippen LogP contribution in [0.5, 0.6) is 0 Å². The molecule has 0 amide bonds. The van der Waals surface area contributed by atoms with Crippen molar-refractivity contribution in [3.05, 3.63) is 23.0 Å². The summed E-state index contributed by atoms with van der Waals surface area (Å²) in [7, 11) is 0. The summed E-state index contributed by atoms with van der Waals surface area (Å²) in [4.78, 5) is 9.15. The lowest BCUT2D eigenvalue weighted by molar-refractivity contribution is -0.126.